The van der Waals surface area contributed by atoms with Crippen molar-refractivity contribution in [3.05, 3.63) is 76.4 Å². The first kappa shape index (κ1) is 52.6. The number of aromatic nitrogens is 5. The molecule has 19 heteroatoms. The Bertz CT molecular complexity index is 2880. The molecule has 4 aliphatic heterocycles. The van der Waals surface area contributed by atoms with Crippen LogP contribution in [0.25, 0.3) is 33.4 Å². The van der Waals surface area contributed by atoms with E-state index in [1.165, 1.54) is 35.5 Å². The van der Waals surface area contributed by atoms with E-state index in [9.17, 15) is 9.59 Å². The van der Waals surface area contributed by atoms with E-state index in [-0.39, 0.29) is 43.2 Å². The normalized spacial score (nSPS) is 26.0. The van der Waals surface area contributed by atoms with E-state index in [0.29, 0.717) is 57.2 Å². The van der Waals surface area contributed by atoms with Gasteiger partial charge in [0.15, 0.2) is 0 Å². The minimum atomic E-state index is -1.17. The first-order valence-corrected chi connectivity index (χ1v) is 28.5. The highest BCUT2D eigenvalue weighted by Crippen LogP contribution is 2.53. The number of anilines is 1. The molecule has 3 saturated heterocycles. The smallest absolute Gasteiger partial charge is 0.324 e. The van der Waals surface area contributed by atoms with E-state index >= 15 is 4.79 Å². The number of nitrogens with one attached hydrogen (secondary N) is 2. The number of fused-ring (bicyclic) bond motifs is 6. The van der Waals surface area contributed by atoms with Crippen LogP contribution in [-0.2, 0) is 51.0 Å². The van der Waals surface area contributed by atoms with Crippen LogP contribution in [0.5, 0.6) is 0 Å². The van der Waals surface area contributed by atoms with Gasteiger partial charge in [0.2, 0.25) is 5.91 Å². The third-order valence-corrected chi connectivity index (χ3v) is 17.5. The highest BCUT2D eigenvalue weighted by Gasteiger charge is 2.54. The van der Waals surface area contributed by atoms with Crippen molar-refractivity contribution in [3.63, 3.8) is 0 Å². The molecule has 2 N–H and O–H groups in total. The Kier molecular flexibility index (Phi) is 15.6. The number of rotatable bonds is 14. The van der Waals surface area contributed by atoms with E-state index in [4.69, 9.17) is 33.7 Å². The average molecular weight is 1060 g/mol. The van der Waals surface area contributed by atoms with Crippen molar-refractivity contribution in [1.82, 2.24) is 45.2 Å². The summed E-state index contributed by atoms with van der Waals surface area (Å²) >= 11 is 1.40. The molecule has 1 aromatic carbocycles. The zero-order chi connectivity index (χ0) is 52.7. The van der Waals surface area contributed by atoms with Crippen LogP contribution < -0.4 is 15.6 Å². The Morgan fingerprint density at radius 3 is 2.58 bits per heavy atom. The number of pyridine rings is 1. The molecule has 6 bridgehead atoms. The lowest BCUT2D eigenvalue weighted by atomic mass is 9.84. The van der Waals surface area contributed by atoms with Crippen LogP contribution in [0.3, 0.4) is 0 Å². The second kappa shape index (κ2) is 22.5. The number of amides is 2. The second-order valence-electron chi connectivity index (χ2n) is 22.4. The maximum absolute atomic E-state index is 15.0. The van der Waals surface area contributed by atoms with Gasteiger partial charge in [-0.1, -0.05) is 26.8 Å². The molecule has 2 saturated carbocycles. The van der Waals surface area contributed by atoms with Crippen LogP contribution in [0, 0.1) is 17.3 Å². The van der Waals surface area contributed by atoms with Crippen LogP contribution in [0.15, 0.2) is 54.4 Å². The van der Waals surface area contributed by atoms with Crippen molar-refractivity contribution < 1.29 is 38.1 Å². The molecule has 5 fully saturated rings. The highest BCUT2D eigenvalue weighted by molar-refractivity contribution is 7.10. The number of hydrogen-bond acceptors (Lipinski definition) is 16. The van der Waals surface area contributed by atoms with Gasteiger partial charge in [-0.25, -0.2) is 20.4 Å². The van der Waals surface area contributed by atoms with Gasteiger partial charge in [0.05, 0.1) is 54.4 Å². The molecule has 0 spiro atoms. The molecular weight excluding hydrogens is 985 g/mol. The maximum Gasteiger partial charge on any atom is 0.324 e. The Morgan fingerprint density at radius 1 is 1.01 bits per heavy atom. The van der Waals surface area contributed by atoms with Gasteiger partial charge >= 0.3 is 5.97 Å². The summed E-state index contributed by atoms with van der Waals surface area (Å²) < 4.78 is 33.7. The number of benzene rings is 1. The molecule has 4 aromatic heterocycles. The summed E-state index contributed by atoms with van der Waals surface area (Å²) in [5, 5.41) is 8.20. The van der Waals surface area contributed by atoms with Crippen LogP contribution in [0.1, 0.15) is 113 Å². The molecule has 18 nitrogen and oxygen atoms in total. The number of carbonyl (C=O) groups is 3. The van der Waals surface area contributed by atoms with E-state index in [1.807, 2.05) is 31.5 Å². The number of piperazine rings is 1. The lowest BCUT2D eigenvalue weighted by Crippen LogP contribution is -2.61. The standard InChI is InChI=1S/C57H74N10O8S/c1-7-73-52-50(62-53(68)48-34(2)47(48)43-14-17-58-33-60-43)55(69)67-18-8-9-44(63-67)56(70)75-32-57(4,5)29-42-40-27-36(45-31-76-54(52)61-45)10-13-46(40)66(23-26-74-39-15-24-72-25-16-39)51(42)41-28-38(30-59-49(41)35(3)71-6)65-21-19-64(20-22-65)37-11-12-37/h10,13-14,17,27-28,30-31,33-35,37,39,44,47-48,50,52,63H,7-9,11-12,15-16,18-26,29,32H2,1-6H3,(H,62,68)/t34-,35-,44-,47-,48+,50-,52-/m0/s1. The summed E-state index contributed by atoms with van der Waals surface area (Å²) in [5.41, 5.74) is 11.1. The van der Waals surface area contributed by atoms with Gasteiger partial charge in [-0.2, -0.15) is 0 Å². The Labute approximate surface area is 449 Å². The number of hydrogen-bond donors (Lipinski definition) is 2. The summed E-state index contributed by atoms with van der Waals surface area (Å²) in [6.45, 7) is 17.3. The SMILES string of the molecule is CCO[C@@H]1c2nc(cs2)-c2ccc3c(c2)c(c(-c2cc(N4CCN(C5CC5)CC4)cnc2[C@H](C)OC)n3CCOC2CCOCC2)CC(C)(C)COC(=O)[C@@H]2CCCN(N2)C(=O)[C@H]1NC(=O)[C@@H]1[C@@H](C)[C@H]1c1ccncn1. The monoisotopic (exact) mass is 1060 g/mol. The van der Waals surface area contributed by atoms with Crippen LogP contribution in [-0.4, -0.2) is 149 Å². The van der Waals surface area contributed by atoms with Crippen molar-refractivity contribution in [2.24, 2.45) is 17.3 Å². The number of carbonyl (C=O) groups excluding carboxylic acids is 3. The first-order valence-electron chi connectivity index (χ1n) is 27.6. The highest BCUT2D eigenvalue weighted by atomic mass is 32.1. The van der Waals surface area contributed by atoms with Gasteiger partial charge < -0.3 is 38.5 Å². The summed E-state index contributed by atoms with van der Waals surface area (Å²) in [4.78, 5) is 67.9. The fourth-order valence-corrected chi connectivity index (χ4v) is 13.0. The molecule has 7 atom stereocenters. The van der Waals surface area contributed by atoms with E-state index < -0.39 is 41.4 Å². The number of thiazole rings is 1. The predicted octanol–water partition coefficient (Wildman–Crippen LogP) is 7.04. The average Bonchev–Trinajstić information content (AvgIpc) is 4.35. The molecule has 2 amide bonds. The van der Waals surface area contributed by atoms with Crippen LogP contribution in [0.2, 0.25) is 0 Å². The quantitative estimate of drug-likeness (QED) is 0.108. The number of ether oxygens (including phenoxy) is 5. The van der Waals surface area contributed by atoms with Crippen molar-refractivity contribution in [1.29, 1.82) is 0 Å². The molecule has 0 radical (unpaired) electrons. The Morgan fingerprint density at radius 2 is 1.83 bits per heavy atom. The van der Waals surface area contributed by atoms with Gasteiger partial charge in [0.25, 0.3) is 5.91 Å². The minimum Gasteiger partial charge on any atom is -0.464 e. The summed E-state index contributed by atoms with van der Waals surface area (Å²) in [6, 6.07) is 9.43. The molecular formula is C57H74N10O8S. The number of esters is 1. The second-order valence-corrected chi connectivity index (χ2v) is 23.3. The van der Waals surface area contributed by atoms with Gasteiger partial charge in [-0.15, -0.1) is 11.3 Å². The number of hydrazine groups is 1. The van der Waals surface area contributed by atoms with E-state index in [2.05, 4.69) is 80.1 Å². The molecule has 8 heterocycles. The zero-order valence-corrected chi connectivity index (χ0v) is 45.7. The summed E-state index contributed by atoms with van der Waals surface area (Å²) in [7, 11) is 1.73. The van der Waals surface area contributed by atoms with E-state index in [1.54, 1.807) is 13.3 Å². The third-order valence-electron chi connectivity index (χ3n) is 16.5. The maximum atomic E-state index is 15.0. The number of cyclic esters (lactones) is 1. The lowest BCUT2D eigenvalue weighted by Gasteiger charge is -2.37. The molecule has 406 valence electrons. The predicted molar refractivity (Wildman–Crippen MR) is 288 cm³/mol. The molecule has 76 heavy (non-hydrogen) atoms. The molecule has 6 aliphatic rings. The first-order chi connectivity index (χ1) is 36.9. The van der Waals surface area contributed by atoms with Crippen LogP contribution >= 0.6 is 11.3 Å². The zero-order valence-electron chi connectivity index (χ0n) is 44.9. The van der Waals surface area contributed by atoms with Gasteiger partial charge in [0, 0.05) is 129 Å². The van der Waals surface area contributed by atoms with Gasteiger partial charge in [0.1, 0.15) is 29.5 Å². The lowest BCUT2D eigenvalue weighted by molar-refractivity contribution is -0.156. The van der Waals surface area contributed by atoms with Crippen molar-refractivity contribution in [3.8, 4) is 22.5 Å². The molecule has 11 rings (SSSR count). The van der Waals surface area contributed by atoms with Crippen molar-refractivity contribution in [2.75, 3.05) is 77.8 Å². The topological polar surface area (TPSA) is 188 Å². The third kappa shape index (κ3) is 11.0. The minimum absolute atomic E-state index is 0.00428. The molecule has 0 unspecified atom stereocenters. The fourth-order valence-electron chi connectivity index (χ4n) is 12.1. The Hall–Kier alpha value is -5.41. The molecule has 2 aliphatic carbocycles. The summed E-state index contributed by atoms with van der Waals surface area (Å²) in [6.07, 6.45) is 9.90. The summed E-state index contributed by atoms with van der Waals surface area (Å²) in [5.74, 6) is -1.67. The van der Waals surface area contributed by atoms with Crippen molar-refractivity contribution in [2.45, 2.75) is 128 Å². The number of nitrogens with zero attached hydrogens (tertiary/aromatic N) is 8. The Balaban J connectivity index is 1.03. The van der Waals surface area contributed by atoms with Crippen molar-refractivity contribution >= 4 is 45.7 Å². The van der Waals surface area contributed by atoms with Gasteiger partial charge in [-0.05, 0) is 94.5 Å². The largest absolute Gasteiger partial charge is 0.464 e. The van der Waals surface area contributed by atoms with Crippen LogP contribution in [0.4, 0.5) is 5.69 Å². The molecule has 5 aromatic rings. The fraction of sp³-hybridized carbons (Fsp3) is 0.596. The number of methoxy groups -OCH3 is 1. The van der Waals surface area contributed by atoms with Gasteiger partial charge in [-0.3, -0.25) is 29.3 Å². The van der Waals surface area contributed by atoms with E-state index in [0.717, 1.165) is 101 Å².